The molecule has 3 aromatic carbocycles. The summed E-state index contributed by atoms with van der Waals surface area (Å²) in [6, 6.07) is 29.4. The molecule has 168 valence electrons. The van der Waals surface area contributed by atoms with E-state index in [1.807, 2.05) is 48.5 Å². The fourth-order valence-corrected chi connectivity index (χ4v) is 4.20. The average molecular weight is 441 g/mol. The van der Waals surface area contributed by atoms with E-state index in [1.54, 1.807) is 4.68 Å². The lowest BCUT2D eigenvalue weighted by molar-refractivity contribution is 0.190. The Labute approximate surface area is 194 Å². The maximum absolute atomic E-state index is 6.00. The zero-order valence-corrected chi connectivity index (χ0v) is 18.5. The van der Waals surface area contributed by atoms with E-state index in [2.05, 4.69) is 62.1 Å². The highest BCUT2D eigenvalue weighted by atomic mass is 16.5. The third-order valence-corrected chi connectivity index (χ3v) is 5.98. The van der Waals surface area contributed by atoms with Crippen LogP contribution in [-0.4, -0.2) is 44.2 Å². The van der Waals surface area contributed by atoms with Gasteiger partial charge in [-0.25, -0.2) is 0 Å². The van der Waals surface area contributed by atoms with E-state index >= 15 is 0 Å². The van der Waals surface area contributed by atoms with Gasteiger partial charge in [-0.1, -0.05) is 65.8 Å². The molecule has 1 aliphatic heterocycles. The predicted molar refractivity (Wildman–Crippen MR) is 127 cm³/mol. The molecule has 0 amide bonds. The van der Waals surface area contributed by atoms with Gasteiger partial charge in [-0.15, -0.1) is 0 Å². The van der Waals surface area contributed by atoms with Crippen LogP contribution in [0.2, 0.25) is 0 Å². The Bertz CT molecular complexity index is 1140. The number of tetrazole rings is 1. The van der Waals surface area contributed by atoms with E-state index < -0.39 is 0 Å². The minimum Gasteiger partial charge on any atom is -0.423 e. The van der Waals surface area contributed by atoms with Crippen LogP contribution in [0.25, 0.3) is 5.69 Å². The Morgan fingerprint density at radius 2 is 1.58 bits per heavy atom. The molecule has 0 saturated carbocycles. The van der Waals surface area contributed by atoms with Crippen molar-refractivity contribution < 1.29 is 4.74 Å². The second-order valence-electron chi connectivity index (χ2n) is 8.38. The lowest BCUT2D eigenvalue weighted by atomic mass is 10.0. The van der Waals surface area contributed by atoms with Gasteiger partial charge in [0, 0.05) is 19.1 Å². The number of piperidine rings is 1. The second-order valence-corrected chi connectivity index (χ2v) is 8.38. The fourth-order valence-electron chi connectivity index (χ4n) is 4.20. The number of benzene rings is 3. The van der Waals surface area contributed by atoms with Crippen LogP contribution >= 0.6 is 0 Å². The van der Waals surface area contributed by atoms with E-state index in [0.717, 1.165) is 50.5 Å². The van der Waals surface area contributed by atoms with Crippen LogP contribution in [0.1, 0.15) is 24.0 Å². The first-order chi connectivity index (χ1) is 16.3. The van der Waals surface area contributed by atoms with Crippen LogP contribution in [0.15, 0.2) is 84.9 Å². The molecule has 0 spiro atoms. The van der Waals surface area contributed by atoms with Gasteiger partial charge in [0.05, 0.1) is 5.69 Å². The van der Waals surface area contributed by atoms with Crippen molar-refractivity contribution in [3.05, 3.63) is 96.1 Å². The molecule has 0 aliphatic carbocycles. The van der Waals surface area contributed by atoms with Crippen molar-refractivity contribution in [3.63, 3.8) is 0 Å². The molecular formula is C26H28N6O. The predicted octanol–water partition coefficient (Wildman–Crippen LogP) is 4.21. The number of aromatic nitrogens is 4. The molecule has 0 radical (unpaired) electrons. The van der Waals surface area contributed by atoms with Crippen molar-refractivity contribution in [1.82, 2.24) is 30.4 Å². The Balaban J connectivity index is 1.13. The van der Waals surface area contributed by atoms with Crippen LogP contribution in [0.3, 0.4) is 0 Å². The number of ether oxygens (including phenoxy) is 1. The number of likely N-dealkylation sites (tertiary alicyclic amines) is 1. The molecule has 7 nitrogen and oxygen atoms in total. The van der Waals surface area contributed by atoms with Gasteiger partial charge in [-0.3, -0.25) is 4.90 Å². The number of para-hydroxylation sites is 1. The SMILES string of the molecule is c1ccc(CN2CCC(NCc3cccc(Oc4nnnn4-c4ccccc4)c3)CC2)cc1. The Kier molecular flexibility index (Phi) is 6.70. The standard InChI is InChI=1S/C26H28N6O/c1-3-8-21(9-4-1)20-31-16-14-23(15-17-31)27-19-22-10-7-13-25(18-22)33-26-28-29-30-32(26)24-11-5-2-6-12-24/h1-13,18,23,27H,14-17,19-20H2. The molecule has 1 aliphatic rings. The molecule has 0 unspecified atom stereocenters. The molecule has 0 atom stereocenters. The monoisotopic (exact) mass is 440 g/mol. The van der Waals surface area contributed by atoms with Crippen LogP contribution < -0.4 is 10.1 Å². The molecule has 4 aromatic rings. The van der Waals surface area contributed by atoms with Crippen LogP contribution in [0, 0.1) is 0 Å². The second kappa shape index (κ2) is 10.4. The van der Waals surface area contributed by atoms with Crippen molar-refractivity contribution in [3.8, 4) is 17.4 Å². The largest absolute Gasteiger partial charge is 0.423 e. The molecule has 1 aromatic heterocycles. The van der Waals surface area contributed by atoms with Gasteiger partial charge in [0.2, 0.25) is 0 Å². The number of hydrogen-bond acceptors (Lipinski definition) is 6. The summed E-state index contributed by atoms with van der Waals surface area (Å²) in [7, 11) is 0. The molecule has 7 heteroatoms. The molecule has 0 bridgehead atoms. The average Bonchev–Trinajstić information content (AvgIpc) is 3.33. The van der Waals surface area contributed by atoms with Crippen LogP contribution in [-0.2, 0) is 13.1 Å². The molecule has 1 saturated heterocycles. The number of hydrogen-bond donors (Lipinski definition) is 1. The third-order valence-electron chi connectivity index (χ3n) is 5.98. The molecule has 33 heavy (non-hydrogen) atoms. The van der Waals surface area contributed by atoms with Crippen molar-refractivity contribution in [2.75, 3.05) is 13.1 Å². The molecule has 1 N–H and O–H groups in total. The highest BCUT2D eigenvalue weighted by Crippen LogP contribution is 2.22. The first-order valence-electron chi connectivity index (χ1n) is 11.4. The van der Waals surface area contributed by atoms with Crippen molar-refractivity contribution >= 4 is 0 Å². The summed E-state index contributed by atoms with van der Waals surface area (Å²) in [5.74, 6) is 0.721. The lowest BCUT2D eigenvalue weighted by Crippen LogP contribution is -2.41. The van der Waals surface area contributed by atoms with Gasteiger partial charge in [0.1, 0.15) is 5.75 Å². The van der Waals surface area contributed by atoms with Crippen molar-refractivity contribution in [1.29, 1.82) is 0 Å². The fraction of sp³-hybridized carbons (Fsp3) is 0.269. The smallest absolute Gasteiger partial charge is 0.345 e. The topological polar surface area (TPSA) is 68.1 Å². The molecule has 1 fully saturated rings. The lowest BCUT2D eigenvalue weighted by Gasteiger charge is -2.32. The van der Waals surface area contributed by atoms with E-state index in [9.17, 15) is 0 Å². The Hall–Kier alpha value is -3.55. The van der Waals surface area contributed by atoms with Crippen molar-refractivity contribution in [2.45, 2.75) is 32.0 Å². The van der Waals surface area contributed by atoms with Gasteiger partial charge in [-0.05, 0) is 71.8 Å². The third kappa shape index (κ3) is 5.63. The summed E-state index contributed by atoms with van der Waals surface area (Å²) >= 11 is 0. The minimum atomic E-state index is 0.345. The van der Waals surface area contributed by atoms with Crippen LogP contribution in [0.5, 0.6) is 11.8 Å². The highest BCUT2D eigenvalue weighted by molar-refractivity contribution is 5.34. The zero-order valence-electron chi connectivity index (χ0n) is 18.5. The Morgan fingerprint density at radius 1 is 0.848 bits per heavy atom. The quantitative estimate of drug-likeness (QED) is 0.443. The van der Waals surface area contributed by atoms with E-state index in [4.69, 9.17) is 4.74 Å². The van der Waals surface area contributed by atoms with Gasteiger partial charge in [0.25, 0.3) is 0 Å². The minimum absolute atomic E-state index is 0.345. The maximum atomic E-state index is 6.00. The van der Waals surface area contributed by atoms with Gasteiger partial charge in [-0.2, -0.15) is 4.68 Å². The number of nitrogens with zero attached hydrogens (tertiary/aromatic N) is 5. The number of nitrogens with one attached hydrogen (secondary N) is 1. The van der Waals surface area contributed by atoms with E-state index in [1.165, 1.54) is 11.1 Å². The first-order valence-corrected chi connectivity index (χ1v) is 11.4. The normalized spacial score (nSPS) is 14.9. The van der Waals surface area contributed by atoms with Crippen LogP contribution in [0.4, 0.5) is 0 Å². The number of rotatable bonds is 8. The summed E-state index contributed by atoms with van der Waals surface area (Å²) in [5, 5.41) is 15.6. The molecule has 5 rings (SSSR count). The summed E-state index contributed by atoms with van der Waals surface area (Å²) < 4.78 is 7.59. The van der Waals surface area contributed by atoms with Gasteiger partial charge >= 0.3 is 6.01 Å². The Morgan fingerprint density at radius 3 is 2.36 bits per heavy atom. The molecule has 2 heterocycles. The summed E-state index contributed by atoms with van der Waals surface area (Å²) in [4.78, 5) is 2.54. The van der Waals surface area contributed by atoms with Crippen molar-refractivity contribution in [2.24, 2.45) is 0 Å². The van der Waals surface area contributed by atoms with Gasteiger partial charge < -0.3 is 10.1 Å². The summed E-state index contributed by atoms with van der Waals surface area (Å²) in [6.07, 6.45) is 2.32. The maximum Gasteiger partial charge on any atom is 0.345 e. The van der Waals surface area contributed by atoms with E-state index in [0.29, 0.717) is 12.1 Å². The summed E-state index contributed by atoms with van der Waals surface area (Å²) in [6.45, 7) is 4.09. The summed E-state index contributed by atoms with van der Waals surface area (Å²) in [5.41, 5.74) is 3.42. The zero-order chi connectivity index (χ0) is 22.3. The highest BCUT2D eigenvalue weighted by Gasteiger charge is 2.19. The first kappa shape index (κ1) is 21.3. The molecular weight excluding hydrogens is 412 g/mol. The van der Waals surface area contributed by atoms with Gasteiger partial charge in [0.15, 0.2) is 0 Å². The van der Waals surface area contributed by atoms with E-state index in [-0.39, 0.29) is 0 Å².